The average Bonchev–Trinajstić information content (AvgIpc) is 3.51. The quantitative estimate of drug-likeness (QED) is 0.487. The Morgan fingerprint density at radius 2 is 2.00 bits per heavy atom. The summed E-state index contributed by atoms with van der Waals surface area (Å²) in [6, 6.07) is 12.0. The highest BCUT2D eigenvalue weighted by Gasteiger charge is 2.32. The van der Waals surface area contributed by atoms with E-state index in [4.69, 9.17) is 4.42 Å². The lowest BCUT2D eigenvalue weighted by Crippen LogP contribution is -2.29. The number of carbonyl (C=O) groups is 2. The van der Waals surface area contributed by atoms with Gasteiger partial charge in [-0.2, -0.15) is 0 Å². The van der Waals surface area contributed by atoms with Crippen LogP contribution in [0, 0.1) is 6.92 Å². The van der Waals surface area contributed by atoms with Crippen LogP contribution >= 0.6 is 0 Å². The highest BCUT2D eigenvalue weighted by molar-refractivity contribution is 6.08. The number of nitrogens with zero attached hydrogens (tertiary/aromatic N) is 4. The fourth-order valence-corrected chi connectivity index (χ4v) is 4.09. The molecule has 2 aromatic carbocycles. The van der Waals surface area contributed by atoms with Gasteiger partial charge < -0.3 is 14.1 Å². The second-order valence-electron chi connectivity index (χ2n) is 7.49. The highest BCUT2D eigenvalue weighted by Crippen LogP contribution is 2.33. The zero-order valence-corrected chi connectivity index (χ0v) is 16.7. The number of furan rings is 1. The lowest BCUT2D eigenvalue weighted by Gasteiger charge is -2.15. The lowest BCUT2D eigenvalue weighted by molar-refractivity contribution is 0.0593. The minimum Gasteiger partial charge on any atom is -0.464 e. The maximum Gasteiger partial charge on any atom is 0.360 e. The minimum absolute atomic E-state index is 0.0506. The normalized spacial score (nSPS) is 16.5. The van der Waals surface area contributed by atoms with Crippen molar-refractivity contribution in [2.75, 3.05) is 20.2 Å². The van der Waals surface area contributed by atoms with Crippen LogP contribution in [-0.2, 0) is 4.74 Å². The van der Waals surface area contributed by atoms with Crippen molar-refractivity contribution in [2.24, 2.45) is 0 Å². The Morgan fingerprint density at radius 3 is 2.83 bits per heavy atom. The molecular weight excluding hydrogens is 384 g/mol. The molecule has 1 aliphatic rings. The topological polar surface area (TPSA) is 90.5 Å². The molecule has 0 N–H and O–H groups in total. The number of aryl methyl sites for hydroxylation is 1. The number of carbonyl (C=O) groups excluding carboxylic acids is 2. The van der Waals surface area contributed by atoms with Crippen LogP contribution in [0.3, 0.4) is 0 Å². The molecule has 0 unspecified atom stereocenters. The van der Waals surface area contributed by atoms with Crippen LogP contribution in [-0.4, -0.2) is 52.0 Å². The standard InChI is InChI=1S/C22H20N4O4/c1-13-16-8-7-14-5-3-4-6-17(14)20(16)30-19(13)21(27)25-10-9-15(11-25)26-12-18(23-24-26)22(28)29-2/h3-8,12,15H,9-11H2,1-2H3/t15-/m0/s1. The summed E-state index contributed by atoms with van der Waals surface area (Å²) in [5.41, 5.74) is 1.74. The van der Waals surface area contributed by atoms with E-state index in [1.165, 1.54) is 7.11 Å². The predicted molar refractivity (Wildman–Crippen MR) is 109 cm³/mol. The van der Waals surface area contributed by atoms with Crippen LogP contribution in [0.5, 0.6) is 0 Å². The van der Waals surface area contributed by atoms with Crippen LogP contribution in [0.25, 0.3) is 21.7 Å². The van der Waals surface area contributed by atoms with Crippen molar-refractivity contribution in [1.29, 1.82) is 0 Å². The van der Waals surface area contributed by atoms with Crippen molar-refractivity contribution in [3.8, 4) is 0 Å². The van der Waals surface area contributed by atoms with E-state index in [1.54, 1.807) is 15.8 Å². The number of hydrogen-bond acceptors (Lipinski definition) is 6. The van der Waals surface area contributed by atoms with E-state index < -0.39 is 5.97 Å². The number of aromatic nitrogens is 3. The van der Waals surface area contributed by atoms with Gasteiger partial charge >= 0.3 is 5.97 Å². The van der Waals surface area contributed by atoms with Gasteiger partial charge in [0.15, 0.2) is 11.5 Å². The van der Waals surface area contributed by atoms with Crippen LogP contribution in [0.2, 0.25) is 0 Å². The van der Waals surface area contributed by atoms with E-state index in [0.29, 0.717) is 18.8 Å². The van der Waals surface area contributed by atoms with Gasteiger partial charge in [0.1, 0.15) is 5.58 Å². The molecule has 30 heavy (non-hydrogen) atoms. The van der Waals surface area contributed by atoms with Crippen molar-refractivity contribution < 1.29 is 18.7 Å². The van der Waals surface area contributed by atoms with E-state index in [2.05, 4.69) is 15.0 Å². The van der Waals surface area contributed by atoms with Gasteiger partial charge in [-0.3, -0.25) is 4.79 Å². The molecule has 1 atom stereocenters. The van der Waals surface area contributed by atoms with Gasteiger partial charge in [-0.15, -0.1) is 5.10 Å². The Bertz CT molecular complexity index is 1290. The van der Waals surface area contributed by atoms with Crippen LogP contribution in [0.1, 0.15) is 39.1 Å². The van der Waals surface area contributed by atoms with Gasteiger partial charge in [-0.05, 0) is 18.7 Å². The molecule has 1 saturated heterocycles. The molecule has 152 valence electrons. The van der Waals surface area contributed by atoms with Crippen LogP contribution in [0.15, 0.2) is 47.0 Å². The Labute approximate surface area is 172 Å². The van der Waals surface area contributed by atoms with E-state index in [9.17, 15) is 9.59 Å². The molecular formula is C22H20N4O4. The number of likely N-dealkylation sites (tertiary alicyclic amines) is 1. The van der Waals surface area contributed by atoms with Gasteiger partial charge in [0.25, 0.3) is 5.91 Å². The Morgan fingerprint density at radius 1 is 1.17 bits per heavy atom. The van der Waals surface area contributed by atoms with Crippen LogP contribution in [0.4, 0.5) is 0 Å². The molecule has 1 fully saturated rings. The Balaban J connectivity index is 1.42. The van der Waals surface area contributed by atoms with E-state index in [1.807, 2.05) is 43.3 Å². The zero-order valence-electron chi connectivity index (χ0n) is 16.7. The summed E-state index contributed by atoms with van der Waals surface area (Å²) in [6.45, 7) is 2.97. The summed E-state index contributed by atoms with van der Waals surface area (Å²) >= 11 is 0. The van der Waals surface area contributed by atoms with Gasteiger partial charge in [-0.25, -0.2) is 9.48 Å². The predicted octanol–water partition coefficient (Wildman–Crippen LogP) is 3.36. The maximum atomic E-state index is 13.2. The Kier molecular flexibility index (Phi) is 4.27. The lowest BCUT2D eigenvalue weighted by atomic mass is 10.1. The summed E-state index contributed by atoms with van der Waals surface area (Å²) in [4.78, 5) is 26.6. The maximum absolute atomic E-state index is 13.2. The number of esters is 1. The summed E-state index contributed by atoms with van der Waals surface area (Å²) in [5.74, 6) is -0.295. The van der Waals surface area contributed by atoms with Crippen molar-refractivity contribution >= 4 is 33.6 Å². The zero-order chi connectivity index (χ0) is 20.8. The van der Waals surface area contributed by atoms with Gasteiger partial charge in [0, 0.05) is 29.4 Å². The fourth-order valence-electron chi connectivity index (χ4n) is 4.09. The fraction of sp³-hybridized carbons (Fsp3) is 0.273. The number of rotatable bonds is 3. The molecule has 0 aliphatic carbocycles. The van der Waals surface area contributed by atoms with E-state index in [0.717, 1.165) is 33.7 Å². The molecule has 1 aliphatic heterocycles. The SMILES string of the molecule is COC(=O)c1cn([C@H]2CCN(C(=O)c3oc4c(ccc5ccccc54)c3C)C2)nn1. The molecule has 0 saturated carbocycles. The number of amides is 1. The molecule has 0 spiro atoms. The summed E-state index contributed by atoms with van der Waals surface area (Å²) in [5, 5.41) is 10.9. The van der Waals surface area contributed by atoms with Crippen molar-refractivity contribution in [3.63, 3.8) is 0 Å². The summed E-state index contributed by atoms with van der Waals surface area (Å²) < 4.78 is 12.4. The van der Waals surface area contributed by atoms with Crippen molar-refractivity contribution in [1.82, 2.24) is 19.9 Å². The molecule has 2 aromatic heterocycles. The monoisotopic (exact) mass is 404 g/mol. The third-order valence-electron chi connectivity index (χ3n) is 5.75. The first-order chi connectivity index (χ1) is 14.6. The molecule has 8 heteroatoms. The number of methoxy groups -OCH3 is 1. The second-order valence-corrected chi connectivity index (χ2v) is 7.49. The van der Waals surface area contributed by atoms with Gasteiger partial charge in [0.2, 0.25) is 0 Å². The van der Waals surface area contributed by atoms with Crippen molar-refractivity contribution in [2.45, 2.75) is 19.4 Å². The van der Waals surface area contributed by atoms with Crippen molar-refractivity contribution in [3.05, 3.63) is 59.6 Å². The van der Waals surface area contributed by atoms with Gasteiger partial charge in [0.05, 0.1) is 19.3 Å². The number of benzene rings is 2. The molecule has 3 heterocycles. The average molecular weight is 404 g/mol. The summed E-state index contributed by atoms with van der Waals surface area (Å²) in [6.07, 6.45) is 2.28. The number of ether oxygens (including phenoxy) is 1. The third-order valence-corrected chi connectivity index (χ3v) is 5.75. The minimum atomic E-state index is -0.530. The highest BCUT2D eigenvalue weighted by atomic mass is 16.5. The Hall–Kier alpha value is -3.68. The number of fused-ring (bicyclic) bond motifs is 3. The first-order valence-corrected chi connectivity index (χ1v) is 9.77. The smallest absolute Gasteiger partial charge is 0.360 e. The van der Waals surface area contributed by atoms with Gasteiger partial charge in [-0.1, -0.05) is 41.6 Å². The molecule has 5 rings (SSSR count). The first-order valence-electron chi connectivity index (χ1n) is 9.77. The molecule has 4 aromatic rings. The van der Waals surface area contributed by atoms with E-state index >= 15 is 0 Å². The second kappa shape index (κ2) is 6.98. The molecule has 0 bridgehead atoms. The third kappa shape index (κ3) is 2.83. The first kappa shape index (κ1) is 18.4. The van der Waals surface area contributed by atoms with Crippen LogP contribution < -0.4 is 0 Å². The number of hydrogen-bond donors (Lipinski definition) is 0. The molecule has 8 nitrogen and oxygen atoms in total. The van der Waals surface area contributed by atoms with E-state index in [-0.39, 0.29) is 17.6 Å². The largest absolute Gasteiger partial charge is 0.464 e. The molecule has 1 amide bonds. The molecule has 0 radical (unpaired) electrons. The summed E-state index contributed by atoms with van der Waals surface area (Å²) in [7, 11) is 1.30.